The van der Waals surface area contributed by atoms with Gasteiger partial charge in [-0.15, -0.1) is 0 Å². The number of halogens is 1. The summed E-state index contributed by atoms with van der Waals surface area (Å²) in [6.45, 7) is 4.67. The van der Waals surface area contributed by atoms with E-state index in [2.05, 4.69) is 16.4 Å². The van der Waals surface area contributed by atoms with Gasteiger partial charge in [0.1, 0.15) is 41.9 Å². The van der Waals surface area contributed by atoms with Crippen molar-refractivity contribution >= 4 is 47.9 Å². The number of pyridine rings is 1. The summed E-state index contributed by atoms with van der Waals surface area (Å²) >= 11 is 6.41. The number of fused-ring (bicyclic) bond motifs is 1. The van der Waals surface area contributed by atoms with Crippen molar-refractivity contribution < 1.29 is 52.4 Å². The zero-order valence-electron chi connectivity index (χ0n) is 26.1. The van der Waals surface area contributed by atoms with E-state index in [1.165, 1.54) is 4.57 Å². The molecule has 0 spiro atoms. The molecule has 254 valence electrons. The first-order chi connectivity index (χ1) is 21.8. The fourth-order valence-electron chi connectivity index (χ4n) is 5.02. The summed E-state index contributed by atoms with van der Waals surface area (Å²) in [5.41, 5.74) is 1.09. The molecule has 0 bridgehead atoms. The summed E-state index contributed by atoms with van der Waals surface area (Å²) < 4.78 is 46.5. The van der Waals surface area contributed by atoms with Crippen molar-refractivity contribution in [2.24, 2.45) is 11.8 Å². The molecule has 3 heterocycles. The van der Waals surface area contributed by atoms with Crippen LogP contribution >= 0.6 is 19.2 Å². The smallest absolute Gasteiger partial charge is 0.361 e. The SMILES string of the molecule is CC(C)C(=O)OCOP(=O)(COC[C@H]1O[C@@H](n2ccc3c(NC4CCCC4)c(C#N)c(Cl)nc32)[C@H](O)[C@@H]1O)OCOC(=O)C(C)C. The second-order valence-corrected chi connectivity index (χ2v) is 14.1. The predicted molar refractivity (Wildman–Crippen MR) is 163 cm³/mol. The summed E-state index contributed by atoms with van der Waals surface area (Å²) in [6.07, 6.45) is -0.0318. The van der Waals surface area contributed by atoms with Gasteiger partial charge in [-0.3, -0.25) is 23.2 Å². The van der Waals surface area contributed by atoms with Crippen LogP contribution in [0.25, 0.3) is 11.0 Å². The van der Waals surface area contributed by atoms with E-state index in [4.69, 9.17) is 39.6 Å². The van der Waals surface area contributed by atoms with Crippen molar-refractivity contribution in [1.82, 2.24) is 9.55 Å². The lowest BCUT2D eigenvalue weighted by molar-refractivity contribution is -0.156. The van der Waals surface area contributed by atoms with Gasteiger partial charge >= 0.3 is 19.5 Å². The summed E-state index contributed by atoms with van der Waals surface area (Å²) in [5, 5.41) is 35.5. The zero-order chi connectivity index (χ0) is 33.6. The molecule has 1 aliphatic heterocycles. The maximum atomic E-state index is 13.3. The number of hydrogen-bond acceptors (Lipinski definition) is 14. The van der Waals surface area contributed by atoms with Crippen LogP contribution < -0.4 is 5.32 Å². The molecule has 0 unspecified atom stereocenters. The van der Waals surface area contributed by atoms with Crippen LogP contribution in [0.1, 0.15) is 65.2 Å². The molecule has 1 aliphatic carbocycles. The highest BCUT2D eigenvalue weighted by molar-refractivity contribution is 7.53. The third-order valence-electron chi connectivity index (χ3n) is 7.62. The summed E-state index contributed by atoms with van der Waals surface area (Å²) in [4.78, 5) is 28.0. The minimum Gasteiger partial charge on any atom is -0.438 e. The number of anilines is 1. The van der Waals surface area contributed by atoms with Crippen LogP contribution in [0.15, 0.2) is 12.3 Å². The highest BCUT2D eigenvalue weighted by Gasteiger charge is 2.45. The molecular weight excluding hydrogens is 647 g/mol. The zero-order valence-corrected chi connectivity index (χ0v) is 27.7. The maximum absolute atomic E-state index is 13.3. The van der Waals surface area contributed by atoms with E-state index >= 15 is 0 Å². The van der Waals surface area contributed by atoms with Crippen molar-refractivity contribution in [2.75, 3.05) is 31.9 Å². The Bertz CT molecular complexity index is 1440. The lowest BCUT2D eigenvalue weighted by atomic mass is 10.1. The van der Waals surface area contributed by atoms with Gasteiger partial charge in [0, 0.05) is 17.6 Å². The van der Waals surface area contributed by atoms with Crippen LogP contribution in [0, 0.1) is 23.2 Å². The number of esters is 2. The molecule has 0 radical (unpaired) electrons. The van der Waals surface area contributed by atoms with Gasteiger partial charge in [0.25, 0.3) is 0 Å². The minimum absolute atomic E-state index is 0.0164. The second kappa shape index (κ2) is 15.9. The Kier molecular flexibility index (Phi) is 12.4. The standard InChI is InChI=1S/C29H40ClN4O11P/c1-16(2)28(37)41-13-43-46(39,44-14-42-29(38)17(3)4)15-40-12-21-23(35)24(36)27(45-21)34-10-9-19-22(32-18-7-5-6-8-18)20(11-31)25(30)33-26(19)34/h9-10,16-18,21,23-24,27,35-36H,5-8,12-15H2,1-4H3,(H,32,33)/t21-,23-,24-,27-/m1/s1. The van der Waals surface area contributed by atoms with E-state index in [1.54, 1.807) is 40.0 Å². The molecular formula is C29H40ClN4O11P. The lowest BCUT2D eigenvalue weighted by Crippen LogP contribution is -2.34. The van der Waals surface area contributed by atoms with E-state index in [-0.39, 0.29) is 23.4 Å². The van der Waals surface area contributed by atoms with E-state index < -0.39 is 75.8 Å². The molecule has 46 heavy (non-hydrogen) atoms. The predicted octanol–water partition coefficient (Wildman–Crippen LogP) is 4.05. The first-order valence-electron chi connectivity index (χ1n) is 15.0. The molecule has 2 aromatic rings. The maximum Gasteiger partial charge on any atom is 0.361 e. The molecule has 15 nitrogen and oxygen atoms in total. The number of nitrogens with zero attached hydrogens (tertiary/aromatic N) is 3. The lowest BCUT2D eigenvalue weighted by Gasteiger charge is -2.21. The van der Waals surface area contributed by atoms with Crippen molar-refractivity contribution in [3.8, 4) is 6.07 Å². The quantitative estimate of drug-likeness (QED) is 0.105. The summed E-state index contributed by atoms with van der Waals surface area (Å²) in [6, 6.07) is 4.03. The fraction of sp³-hybridized carbons (Fsp3) is 0.655. The average Bonchev–Trinajstić information content (AvgIpc) is 3.73. The largest absolute Gasteiger partial charge is 0.438 e. The Balaban J connectivity index is 1.44. The van der Waals surface area contributed by atoms with Crippen LogP contribution in [0.2, 0.25) is 5.15 Å². The van der Waals surface area contributed by atoms with Crippen molar-refractivity contribution in [1.29, 1.82) is 5.26 Å². The van der Waals surface area contributed by atoms with Crippen molar-refractivity contribution in [3.05, 3.63) is 23.0 Å². The number of carbonyl (C=O) groups is 2. The molecule has 2 aromatic heterocycles. The van der Waals surface area contributed by atoms with Gasteiger partial charge in [0.05, 0.1) is 24.1 Å². The van der Waals surface area contributed by atoms with Gasteiger partial charge in [-0.05, 0) is 18.9 Å². The minimum atomic E-state index is -4.15. The monoisotopic (exact) mass is 686 g/mol. The van der Waals surface area contributed by atoms with Gasteiger partial charge in [-0.2, -0.15) is 5.26 Å². The van der Waals surface area contributed by atoms with Crippen LogP contribution in [-0.2, 0) is 42.1 Å². The normalized spacial score (nSPS) is 22.1. The van der Waals surface area contributed by atoms with Gasteiger partial charge in [0.15, 0.2) is 11.4 Å². The molecule has 0 amide bonds. The van der Waals surface area contributed by atoms with E-state index in [0.29, 0.717) is 16.7 Å². The van der Waals surface area contributed by atoms with Crippen LogP contribution in [0.4, 0.5) is 5.69 Å². The second-order valence-electron chi connectivity index (χ2n) is 11.7. The molecule has 4 atom stereocenters. The Morgan fingerprint density at radius 2 is 1.74 bits per heavy atom. The van der Waals surface area contributed by atoms with Crippen LogP contribution in [0.5, 0.6) is 0 Å². The number of rotatable bonds is 15. The van der Waals surface area contributed by atoms with E-state index in [0.717, 1.165) is 25.7 Å². The van der Waals surface area contributed by atoms with E-state index in [1.807, 2.05) is 0 Å². The molecule has 0 aromatic carbocycles. The Hall–Kier alpha value is -2.80. The highest BCUT2D eigenvalue weighted by Crippen LogP contribution is 2.48. The number of nitrogens with one attached hydrogen (secondary N) is 1. The van der Waals surface area contributed by atoms with Gasteiger partial charge in [0.2, 0.25) is 13.6 Å². The molecule has 2 fully saturated rings. The first kappa shape index (κ1) is 36.0. The number of nitriles is 1. The average molecular weight is 687 g/mol. The number of aliphatic hydroxyl groups excluding tert-OH is 2. The molecule has 4 rings (SSSR count). The topological polar surface area (TPSA) is 201 Å². The summed E-state index contributed by atoms with van der Waals surface area (Å²) in [7, 11) is -4.15. The molecule has 1 saturated carbocycles. The Labute approximate surface area is 271 Å². The number of ether oxygens (including phenoxy) is 4. The molecule has 17 heteroatoms. The number of aromatic nitrogens is 2. The highest BCUT2D eigenvalue weighted by atomic mass is 35.5. The van der Waals surface area contributed by atoms with Crippen molar-refractivity contribution in [3.63, 3.8) is 0 Å². The number of aliphatic hydroxyl groups is 2. The van der Waals surface area contributed by atoms with Crippen LogP contribution in [0.3, 0.4) is 0 Å². The fourth-order valence-corrected chi connectivity index (χ4v) is 6.22. The van der Waals surface area contributed by atoms with E-state index in [9.17, 15) is 29.6 Å². The van der Waals surface area contributed by atoms with Crippen molar-refractivity contribution in [2.45, 2.75) is 84.0 Å². The van der Waals surface area contributed by atoms with Gasteiger partial charge in [-0.1, -0.05) is 52.1 Å². The molecule has 3 N–H and O–H groups in total. The van der Waals surface area contributed by atoms with Crippen LogP contribution in [-0.4, -0.2) is 82.6 Å². The number of hydrogen-bond donors (Lipinski definition) is 3. The first-order valence-corrected chi connectivity index (χ1v) is 17.1. The third kappa shape index (κ3) is 8.56. The molecule has 1 saturated heterocycles. The third-order valence-corrected chi connectivity index (χ3v) is 9.39. The number of carbonyl (C=O) groups excluding carboxylic acids is 2. The van der Waals surface area contributed by atoms with Gasteiger partial charge in [-0.25, -0.2) is 4.98 Å². The Morgan fingerprint density at radius 3 is 2.30 bits per heavy atom. The van der Waals surface area contributed by atoms with Gasteiger partial charge < -0.3 is 39.0 Å². The summed E-state index contributed by atoms with van der Waals surface area (Å²) in [5.74, 6) is -2.11. The molecule has 2 aliphatic rings. The Morgan fingerprint density at radius 1 is 1.13 bits per heavy atom.